The van der Waals surface area contributed by atoms with Crippen LogP contribution in [0.2, 0.25) is 5.02 Å². The molecule has 1 heterocycles. The highest BCUT2D eigenvalue weighted by Crippen LogP contribution is 2.24. The molecule has 2 N–H and O–H groups in total. The van der Waals surface area contributed by atoms with Gasteiger partial charge in [-0.1, -0.05) is 11.6 Å². The summed E-state index contributed by atoms with van der Waals surface area (Å²) in [5.74, 6) is -0.789. The van der Waals surface area contributed by atoms with E-state index < -0.39 is 5.97 Å². The topological polar surface area (TPSA) is 84.5 Å². The summed E-state index contributed by atoms with van der Waals surface area (Å²) in [4.78, 5) is 35.1. The van der Waals surface area contributed by atoms with E-state index in [2.05, 4.69) is 10.6 Å². The predicted octanol–water partition coefficient (Wildman–Crippen LogP) is 2.51. The number of ether oxygens (including phenoxy) is 1. The number of halogens is 1. The van der Waals surface area contributed by atoms with Crippen molar-refractivity contribution in [2.45, 2.75) is 45.3 Å². The molecular weight excluding hydrogens is 320 g/mol. The molecule has 1 aromatic carbocycles. The molecule has 0 aromatic heterocycles. The van der Waals surface area contributed by atoms with Gasteiger partial charge in [-0.15, -0.1) is 0 Å². The number of nitrogens with one attached hydrogen (secondary N) is 2. The number of rotatable bonds is 5. The lowest BCUT2D eigenvalue weighted by Crippen LogP contribution is -2.30. The summed E-state index contributed by atoms with van der Waals surface area (Å²) in [5, 5.41) is 5.73. The van der Waals surface area contributed by atoms with Crippen molar-refractivity contribution in [1.29, 1.82) is 0 Å². The van der Waals surface area contributed by atoms with Gasteiger partial charge in [0.05, 0.1) is 22.4 Å². The molecule has 1 aliphatic heterocycles. The maximum atomic E-state index is 12.0. The molecule has 2 amide bonds. The molecule has 0 radical (unpaired) electrons. The largest absolute Gasteiger partial charge is 0.459 e. The molecule has 1 aliphatic rings. The van der Waals surface area contributed by atoms with Crippen molar-refractivity contribution in [3.8, 4) is 0 Å². The van der Waals surface area contributed by atoms with Crippen LogP contribution >= 0.6 is 11.6 Å². The van der Waals surface area contributed by atoms with Gasteiger partial charge in [0, 0.05) is 18.9 Å². The standard InChI is InChI=1S/C16H19ClN2O4/c1-9(2)23-16(22)10-3-5-12(17)13(7-10)19-15(21)8-11-4-6-14(20)18-11/h3,5,7,9,11H,4,6,8H2,1-2H3,(H,18,20)(H,19,21)/t11-/m0/s1. The molecule has 0 spiro atoms. The first-order chi connectivity index (χ1) is 10.8. The molecule has 7 heteroatoms. The summed E-state index contributed by atoms with van der Waals surface area (Å²) in [6, 6.07) is 4.40. The van der Waals surface area contributed by atoms with Crippen molar-refractivity contribution in [2.75, 3.05) is 5.32 Å². The van der Waals surface area contributed by atoms with Crippen LogP contribution in [0.25, 0.3) is 0 Å². The molecule has 0 aliphatic carbocycles. The average molecular weight is 339 g/mol. The number of amides is 2. The van der Waals surface area contributed by atoms with Crippen LogP contribution in [-0.2, 0) is 14.3 Å². The van der Waals surface area contributed by atoms with E-state index >= 15 is 0 Å². The van der Waals surface area contributed by atoms with Crippen molar-refractivity contribution in [2.24, 2.45) is 0 Å². The van der Waals surface area contributed by atoms with Gasteiger partial charge in [-0.2, -0.15) is 0 Å². The number of carbonyl (C=O) groups is 3. The van der Waals surface area contributed by atoms with Crippen LogP contribution in [0.5, 0.6) is 0 Å². The second kappa shape index (κ2) is 7.46. The Morgan fingerprint density at radius 1 is 1.43 bits per heavy atom. The Hall–Kier alpha value is -2.08. The average Bonchev–Trinajstić information content (AvgIpc) is 2.85. The van der Waals surface area contributed by atoms with E-state index in [0.717, 1.165) is 0 Å². The van der Waals surface area contributed by atoms with E-state index in [0.29, 0.717) is 29.1 Å². The van der Waals surface area contributed by atoms with Gasteiger partial charge in [-0.05, 0) is 38.5 Å². The summed E-state index contributed by atoms with van der Waals surface area (Å²) >= 11 is 6.05. The van der Waals surface area contributed by atoms with Gasteiger partial charge in [0.15, 0.2) is 0 Å². The second-order valence-electron chi connectivity index (χ2n) is 5.70. The zero-order valence-corrected chi connectivity index (χ0v) is 13.8. The molecule has 1 saturated heterocycles. The Bertz CT molecular complexity index is 631. The molecule has 6 nitrogen and oxygen atoms in total. The van der Waals surface area contributed by atoms with Gasteiger partial charge in [0.1, 0.15) is 0 Å². The second-order valence-corrected chi connectivity index (χ2v) is 6.11. The fourth-order valence-electron chi connectivity index (χ4n) is 2.29. The van der Waals surface area contributed by atoms with Gasteiger partial charge >= 0.3 is 5.97 Å². The zero-order chi connectivity index (χ0) is 17.0. The van der Waals surface area contributed by atoms with Crippen LogP contribution in [0, 0.1) is 0 Å². The number of hydrogen-bond donors (Lipinski definition) is 2. The smallest absolute Gasteiger partial charge is 0.338 e. The number of esters is 1. The van der Waals surface area contributed by atoms with Crippen molar-refractivity contribution in [3.05, 3.63) is 28.8 Å². The highest BCUT2D eigenvalue weighted by Gasteiger charge is 2.23. The number of anilines is 1. The highest BCUT2D eigenvalue weighted by atomic mass is 35.5. The normalized spacial score (nSPS) is 17.0. The minimum atomic E-state index is -0.477. The first kappa shape index (κ1) is 17.3. The lowest BCUT2D eigenvalue weighted by Gasteiger charge is -2.13. The van der Waals surface area contributed by atoms with Crippen molar-refractivity contribution in [3.63, 3.8) is 0 Å². The van der Waals surface area contributed by atoms with Crippen LogP contribution in [-0.4, -0.2) is 29.9 Å². The monoisotopic (exact) mass is 338 g/mol. The predicted molar refractivity (Wildman–Crippen MR) is 86.4 cm³/mol. The van der Waals surface area contributed by atoms with Crippen LogP contribution in [0.1, 0.15) is 43.5 Å². The Morgan fingerprint density at radius 3 is 2.78 bits per heavy atom. The Labute approximate surface area is 139 Å². The van der Waals surface area contributed by atoms with Crippen LogP contribution in [0.4, 0.5) is 5.69 Å². The number of benzene rings is 1. The quantitative estimate of drug-likeness (QED) is 0.808. The van der Waals surface area contributed by atoms with Gasteiger partial charge in [0.2, 0.25) is 11.8 Å². The molecule has 23 heavy (non-hydrogen) atoms. The van der Waals surface area contributed by atoms with E-state index in [9.17, 15) is 14.4 Å². The summed E-state index contributed by atoms with van der Waals surface area (Å²) in [7, 11) is 0. The molecular formula is C16H19ClN2O4. The maximum Gasteiger partial charge on any atom is 0.338 e. The molecule has 124 valence electrons. The van der Waals surface area contributed by atoms with Gasteiger partial charge < -0.3 is 15.4 Å². The molecule has 1 fully saturated rings. The Balaban J connectivity index is 2.02. The van der Waals surface area contributed by atoms with E-state index in [4.69, 9.17) is 16.3 Å². The van der Waals surface area contributed by atoms with E-state index in [1.165, 1.54) is 12.1 Å². The fraction of sp³-hybridized carbons (Fsp3) is 0.438. The van der Waals surface area contributed by atoms with Crippen molar-refractivity contribution < 1.29 is 19.1 Å². The Morgan fingerprint density at radius 2 is 2.17 bits per heavy atom. The van der Waals surface area contributed by atoms with Crippen molar-refractivity contribution in [1.82, 2.24) is 5.32 Å². The molecule has 1 aromatic rings. The first-order valence-corrected chi connectivity index (χ1v) is 7.82. The number of hydrogen-bond acceptors (Lipinski definition) is 4. The van der Waals surface area contributed by atoms with Crippen LogP contribution in [0.3, 0.4) is 0 Å². The third-order valence-electron chi connectivity index (χ3n) is 3.34. The van der Waals surface area contributed by atoms with Gasteiger partial charge in [-0.3, -0.25) is 9.59 Å². The van der Waals surface area contributed by atoms with E-state index in [1.54, 1.807) is 19.9 Å². The SMILES string of the molecule is CC(C)OC(=O)c1ccc(Cl)c(NC(=O)C[C@@H]2CCC(=O)N2)c1. The Kier molecular flexibility index (Phi) is 5.60. The van der Waals surface area contributed by atoms with Gasteiger partial charge in [-0.25, -0.2) is 4.79 Å². The summed E-state index contributed by atoms with van der Waals surface area (Å²) in [6.07, 6.45) is 1.01. The van der Waals surface area contributed by atoms with Crippen LogP contribution in [0.15, 0.2) is 18.2 Å². The third kappa shape index (κ3) is 4.96. The van der Waals surface area contributed by atoms with Crippen LogP contribution < -0.4 is 10.6 Å². The summed E-state index contributed by atoms with van der Waals surface area (Å²) < 4.78 is 5.11. The minimum Gasteiger partial charge on any atom is -0.459 e. The van der Waals surface area contributed by atoms with E-state index in [1.807, 2.05) is 0 Å². The fourth-order valence-corrected chi connectivity index (χ4v) is 2.45. The van der Waals surface area contributed by atoms with Gasteiger partial charge in [0.25, 0.3) is 0 Å². The molecule has 2 rings (SSSR count). The zero-order valence-electron chi connectivity index (χ0n) is 13.0. The lowest BCUT2D eigenvalue weighted by atomic mass is 10.1. The third-order valence-corrected chi connectivity index (χ3v) is 3.67. The summed E-state index contributed by atoms with van der Waals surface area (Å²) in [6.45, 7) is 3.51. The van der Waals surface area contributed by atoms with Crippen molar-refractivity contribution >= 4 is 35.1 Å². The maximum absolute atomic E-state index is 12.0. The summed E-state index contributed by atoms with van der Waals surface area (Å²) in [5.41, 5.74) is 0.659. The number of carbonyl (C=O) groups excluding carboxylic acids is 3. The molecule has 0 bridgehead atoms. The molecule has 1 atom stereocenters. The lowest BCUT2D eigenvalue weighted by molar-refractivity contribution is -0.119. The highest BCUT2D eigenvalue weighted by molar-refractivity contribution is 6.33. The first-order valence-electron chi connectivity index (χ1n) is 7.45. The minimum absolute atomic E-state index is 0.0424. The van der Waals surface area contributed by atoms with E-state index in [-0.39, 0.29) is 30.4 Å². The molecule has 0 unspecified atom stereocenters. The molecule has 0 saturated carbocycles.